The zero-order chi connectivity index (χ0) is 16.1. The van der Waals surface area contributed by atoms with E-state index in [-0.39, 0.29) is 12.5 Å². The molecule has 0 bridgehead atoms. The predicted molar refractivity (Wildman–Crippen MR) is 88.9 cm³/mol. The van der Waals surface area contributed by atoms with Gasteiger partial charge in [-0.15, -0.1) is 0 Å². The third-order valence-corrected chi connectivity index (χ3v) is 4.73. The van der Waals surface area contributed by atoms with Crippen molar-refractivity contribution in [2.45, 2.75) is 18.9 Å². The van der Waals surface area contributed by atoms with E-state index in [0.29, 0.717) is 16.8 Å². The first-order chi connectivity index (χ1) is 11.2. The van der Waals surface area contributed by atoms with Gasteiger partial charge in [-0.05, 0) is 37.1 Å². The molecule has 0 aromatic heterocycles. The van der Waals surface area contributed by atoms with Gasteiger partial charge in [-0.3, -0.25) is 9.69 Å². The lowest BCUT2D eigenvalue weighted by molar-refractivity contribution is -0.133. The number of benzene rings is 1. The minimum absolute atomic E-state index is 0.0458. The highest BCUT2D eigenvalue weighted by molar-refractivity contribution is 6.30. The molecule has 2 fully saturated rings. The van der Waals surface area contributed by atoms with Gasteiger partial charge >= 0.3 is 0 Å². The molecule has 2 aliphatic rings. The average molecular weight is 339 g/mol. The molecule has 0 spiro atoms. The molecule has 1 aromatic rings. The zero-order valence-corrected chi connectivity index (χ0v) is 14.0. The fraction of sp³-hybridized carbons (Fsp3) is 0.588. The molecule has 0 saturated carbocycles. The van der Waals surface area contributed by atoms with Crippen molar-refractivity contribution in [3.63, 3.8) is 0 Å². The van der Waals surface area contributed by atoms with Gasteiger partial charge in [0.15, 0.2) is 6.61 Å². The number of hydrogen-bond donors (Lipinski definition) is 0. The Kier molecular flexibility index (Phi) is 5.75. The predicted octanol–water partition coefficient (Wildman–Crippen LogP) is 2.04. The summed E-state index contributed by atoms with van der Waals surface area (Å²) in [6.45, 7) is 5.28. The number of carbonyl (C=O) groups is 1. The summed E-state index contributed by atoms with van der Waals surface area (Å²) in [5.41, 5.74) is 0. The Balaban J connectivity index is 1.46. The van der Waals surface area contributed by atoms with Gasteiger partial charge in [0.1, 0.15) is 5.75 Å². The van der Waals surface area contributed by atoms with E-state index in [0.717, 1.165) is 52.2 Å². The van der Waals surface area contributed by atoms with E-state index < -0.39 is 0 Å². The van der Waals surface area contributed by atoms with Crippen LogP contribution < -0.4 is 4.74 Å². The van der Waals surface area contributed by atoms with Crippen molar-refractivity contribution in [2.24, 2.45) is 0 Å². The van der Waals surface area contributed by atoms with Gasteiger partial charge in [-0.1, -0.05) is 11.6 Å². The average Bonchev–Trinajstić information content (AvgIpc) is 2.98. The summed E-state index contributed by atoms with van der Waals surface area (Å²) in [4.78, 5) is 16.7. The van der Waals surface area contributed by atoms with Crippen LogP contribution >= 0.6 is 11.6 Å². The molecule has 1 atom stereocenters. The largest absolute Gasteiger partial charge is 0.484 e. The smallest absolute Gasteiger partial charge is 0.260 e. The molecule has 2 saturated heterocycles. The van der Waals surface area contributed by atoms with Crippen molar-refractivity contribution in [3.8, 4) is 5.75 Å². The first kappa shape index (κ1) is 16.6. The van der Waals surface area contributed by atoms with Gasteiger partial charge in [-0.25, -0.2) is 0 Å². The summed E-state index contributed by atoms with van der Waals surface area (Å²) in [5.74, 6) is 0.715. The molecule has 1 amide bonds. The molecule has 126 valence electrons. The van der Waals surface area contributed by atoms with E-state index in [1.165, 1.54) is 0 Å². The second kappa shape index (κ2) is 7.99. The van der Waals surface area contributed by atoms with Crippen LogP contribution in [0.15, 0.2) is 24.3 Å². The minimum Gasteiger partial charge on any atom is -0.484 e. The van der Waals surface area contributed by atoms with E-state index in [4.69, 9.17) is 21.1 Å². The molecule has 1 unspecified atom stereocenters. The highest BCUT2D eigenvalue weighted by Crippen LogP contribution is 2.17. The number of ether oxygens (including phenoxy) is 2. The molecule has 5 nitrogen and oxygen atoms in total. The van der Waals surface area contributed by atoms with E-state index in [1.54, 1.807) is 24.3 Å². The van der Waals surface area contributed by atoms with Crippen molar-refractivity contribution < 1.29 is 14.3 Å². The molecule has 2 heterocycles. The quantitative estimate of drug-likeness (QED) is 0.842. The molecule has 0 aliphatic carbocycles. The minimum atomic E-state index is 0.0458. The molecule has 1 aromatic carbocycles. The molecule has 3 rings (SSSR count). The summed E-state index contributed by atoms with van der Waals surface area (Å²) in [7, 11) is 0. The van der Waals surface area contributed by atoms with Crippen molar-refractivity contribution in [1.29, 1.82) is 0 Å². The molecular weight excluding hydrogens is 316 g/mol. The van der Waals surface area contributed by atoms with Gasteiger partial charge in [0.05, 0.1) is 6.61 Å². The molecule has 0 N–H and O–H groups in total. The number of carbonyl (C=O) groups excluding carboxylic acids is 1. The van der Waals surface area contributed by atoms with Crippen LogP contribution in [-0.4, -0.2) is 67.7 Å². The topological polar surface area (TPSA) is 42.0 Å². The van der Waals surface area contributed by atoms with Crippen LogP contribution in [0.5, 0.6) is 5.75 Å². The van der Waals surface area contributed by atoms with Crippen molar-refractivity contribution in [3.05, 3.63) is 29.3 Å². The molecular formula is C17H23ClN2O3. The van der Waals surface area contributed by atoms with Gasteiger partial charge in [0, 0.05) is 43.9 Å². The summed E-state index contributed by atoms with van der Waals surface area (Å²) in [6, 6.07) is 7.60. The maximum absolute atomic E-state index is 12.4. The van der Waals surface area contributed by atoms with Crippen LogP contribution in [0, 0.1) is 0 Å². The summed E-state index contributed by atoms with van der Waals surface area (Å²) >= 11 is 5.84. The Labute approximate surface area is 142 Å². The van der Waals surface area contributed by atoms with Crippen molar-refractivity contribution in [1.82, 2.24) is 9.80 Å². The summed E-state index contributed by atoms with van der Waals surface area (Å²) < 4.78 is 11.0. The van der Waals surface area contributed by atoms with Crippen LogP contribution in [-0.2, 0) is 9.53 Å². The Hall–Kier alpha value is -1.30. The maximum Gasteiger partial charge on any atom is 0.260 e. The number of nitrogens with zero attached hydrogens (tertiary/aromatic N) is 2. The van der Waals surface area contributed by atoms with Gasteiger partial charge in [0.2, 0.25) is 0 Å². The first-order valence-electron chi connectivity index (χ1n) is 8.20. The Bertz CT molecular complexity index is 517. The third-order valence-electron chi connectivity index (χ3n) is 4.48. The lowest BCUT2D eigenvalue weighted by atomic mass is 10.2. The van der Waals surface area contributed by atoms with Crippen LogP contribution in [0.25, 0.3) is 0 Å². The van der Waals surface area contributed by atoms with Crippen LogP contribution in [0.1, 0.15) is 12.8 Å². The molecule has 2 aliphatic heterocycles. The number of amides is 1. The van der Waals surface area contributed by atoms with E-state index in [1.807, 2.05) is 4.90 Å². The van der Waals surface area contributed by atoms with Crippen LogP contribution in [0.3, 0.4) is 0 Å². The third kappa shape index (κ3) is 4.59. The number of halogens is 1. The van der Waals surface area contributed by atoms with E-state index in [9.17, 15) is 4.79 Å². The van der Waals surface area contributed by atoms with Crippen LogP contribution in [0.2, 0.25) is 5.02 Å². The summed E-state index contributed by atoms with van der Waals surface area (Å²) in [6.07, 6.45) is 2.11. The summed E-state index contributed by atoms with van der Waals surface area (Å²) in [5, 5.41) is 0.659. The maximum atomic E-state index is 12.4. The highest BCUT2D eigenvalue weighted by Gasteiger charge is 2.26. The second-order valence-corrected chi connectivity index (χ2v) is 6.47. The fourth-order valence-electron chi connectivity index (χ4n) is 3.13. The SMILES string of the molecule is O=C(COc1ccc(Cl)cc1)N1CCCN(C2CCOC2)CC1. The normalized spacial score (nSPS) is 22.8. The number of hydrogen-bond acceptors (Lipinski definition) is 4. The Morgan fingerprint density at radius 2 is 2.04 bits per heavy atom. The number of rotatable bonds is 4. The van der Waals surface area contributed by atoms with E-state index >= 15 is 0 Å². The second-order valence-electron chi connectivity index (χ2n) is 6.03. The molecule has 6 heteroatoms. The zero-order valence-electron chi connectivity index (χ0n) is 13.2. The highest BCUT2D eigenvalue weighted by atomic mass is 35.5. The Morgan fingerprint density at radius 3 is 2.78 bits per heavy atom. The van der Waals surface area contributed by atoms with E-state index in [2.05, 4.69) is 4.90 Å². The standard InChI is InChI=1S/C17H23ClN2O3/c18-14-2-4-16(5-3-14)23-13-17(21)20-8-1-7-19(9-10-20)15-6-11-22-12-15/h2-5,15H,1,6-13H2. The lowest BCUT2D eigenvalue weighted by Crippen LogP contribution is -2.41. The van der Waals surface area contributed by atoms with Gasteiger partial charge in [-0.2, -0.15) is 0 Å². The monoisotopic (exact) mass is 338 g/mol. The van der Waals surface area contributed by atoms with Crippen LogP contribution in [0.4, 0.5) is 0 Å². The van der Waals surface area contributed by atoms with Gasteiger partial charge in [0.25, 0.3) is 5.91 Å². The molecule has 23 heavy (non-hydrogen) atoms. The van der Waals surface area contributed by atoms with Crippen molar-refractivity contribution >= 4 is 17.5 Å². The first-order valence-corrected chi connectivity index (χ1v) is 8.58. The Morgan fingerprint density at radius 1 is 1.22 bits per heavy atom. The fourth-order valence-corrected chi connectivity index (χ4v) is 3.26. The van der Waals surface area contributed by atoms with Crippen molar-refractivity contribution in [2.75, 3.05) is 46.0 Å². The molecule has 0 radical (unpaired) electrons. The lowest BCUT2D eigenvalue weighted by Gasteiger charge is -2.26. The van der Waals surface area contributed by atoms with Gasteiger partial charge < -0.3 is 14.4 Å².